The predicted molar refractivity (Wildman–Crippen MR) is 142 cm³/mol. The van der Waals surface area contributed by atoms with Crippen LogP contribution in [-0.4, -0.2) is 20.9 Å². The normalized spacial score (nSPS) is 14.2. The molecule has 0 bridgehead atoms. The zero-order chi connectivity index (χ0) is 25.2. The smallest absolute Gasteiger partial charge is 0.264 e. The zero-order valence-corrected chi connectivity index (χ0v) is 21.9. The van der Waals surface area contributed by atoms with Gasteiger partial charge in [-0.05, 0) is 93.0 Å². The second-order valence-electron chi connectivity index (χ2n) is 9.23. The van der Waals surface area contributed by atoms with Crippen LogP contribution in [0.3, 0.4) is 0 Å². The number of rotatable bonds is 7. The quantitative estimate of drug-likeness (QED) is 0.429. The van der Waals surface area contributed by atoms with E-state index in [0.29, 0.717) is 16.3 Å². The number of sulfonamides is 1. The molecule has 0 spiro atoms. The fourth-order valence-electron chi connectivity index (χ4n) is 4.53. The summed E-state index contributed by atoms with van der Waals surface area (Å²) in [6.07, 6.45) is 4.55. The van der Waals surface area contributed by atoms with Crippen LogP contribution in [0.2, 0.25) is 5.02 Å². The number of nitrogens with one attached hydrogen (secondary N) is 1. The molecule has 0 aromatic heterocycles. The highest BCUT2D eigenvalue weighted by Crippen LogP contribution is 2.31. The van der Waals surface area contributed by atoms with Crippen LogP contribution in [0.5, 0.6) is 0 Å². The van der Waals surface area contributed by atoms with Crippen molar-refractivity contribution in [2.75, 3.05) is 10.8 Å². The fourth-order valence-corrected chi connectivity index (χ4v) is 6.17. The number of hydrogen-bond acceptors (Lipinski definition) is 3. The van der Waals surface area contributed by atoms with Gasteiger partial charge in [0.1, 0.15) is 6.54 Å². The van der Waals surface area contributed by atoms with Gasteiger partial charge in [-0.3, -0.25) is 9.10 Å². The van der Waals surface area contributed by atoms with Gasteiger partial charge in [0.25, 0.3) is 10.0 Å². The Labute approximate surface area is 213 Å². The summed E-state index contributed by atoms with van der Waals surface area (Å²) in [6.45, 7) is 5.21. The van der Waals surface area contributed by atoms with E-state index in [1.807, 2.05) is 13.8 Å². The maximum atomic E-state index is 13.7. The number of hydrogen-bond donors (Lipinski definition) is 1. The Bertz CT molecular complexity index is 1340. The minimum atomic E-state index is -4.00. The van der Waals surface area contributed by atoms with Gasteiger partial charge in [0, 0.05) is 5.02 Å². The number of amides is 1. The Morgan fingerprint density at radius 1 is 1.00 bits per heavy atom. The molecule has 3 aromatic rings. The van der Waals surface area contributed by atoms with Gasteiger partial charge in [-0.25, -0.2) is 8.42 Å². The van der Waals surface area contributed by atoms with Crippen LogP contribution >= 0.6 is 11.6 Å². The van der Waals surface area contributed by atoms with Crippen molar-refractivity contribution in [1.82, 2.24) is 5.32 Å². The van der Waals surface area contributed by atoms with Gasteiger partial charge in [-0.15, -0.1) is 0 Å². The Kier molecular flexibility index (Phi) is 7.53. The molecule has 0 aliphatic heterocycles. The average Bonchev–Trinajstić information content (AvgIpc) is 2.84. The Balaban J connectivity index is 1.61. The van der Waals surface area contributed by atoms with Gasteiger partial charge < -0.3 is 5.32 Å². The number of carbonyl (C=O) groups is 1. The van der Waals surface area contributed by atoms with Gasteiger partial charge in [-0.1, -0.05) is 53.6 Å². The molecule has 7 heteroatoms. The first-order chi connectivity index (χ1) is 16.7. The first-order valence-electron chi connectivity index (χ1n) is 11.9. The number of anilines is 1. The van der Waals surface area contributed by atoms with Crippen LogP contribution in [0, 0.1) is 13.8 Å². The van der Waals surface area contributed by atoms with Crippen LogP contribution in [0.4, 0.5) is 5.69 Å². The summed E-state index contributed by atoms with van der Waals surface area (Å²) in [7, 11) is -4.00. The van der Waals surface area contributed by atoms with Crippen LogP contribution in [-0.2, 0) is 27.7 Å². The zero-order valence-electron chi connectivity index (χ0n) is 20.3. The fraction of sp³-hybridized carbons (Fsp3) is 0.321. The standard InChI is InChI=1S/C28H31ClN2O3S/c1-19-11-15-25(16-12-19)35(33,34)31(27-10-6-9-26(29)20(27)2)18-28(32)30-21(3)23-14-13-22-7-4-5-8-24(22)17-23/h6,9-17,21H,4-5,7-8,18H2,1-3H3,(H,30,32)/t21-/m0/s1. The molecular formula is C28H31ClN2O3S. The van der Waals surface area contributed by atoms with E-state index in [-0.39, 0.29) is 23.4 Å². The molecule has 35 heavy (non-hydrogen) atoms. The highest BCUT2D eigenvalue weighted by Gasteiger charge is 2.29. The summed E-state index contributed by atoms with van der Waals surface area (Å²) < 4.78 is 28.5. The molecule has 0 heterocycles. The van der Waals surface area contributed by atoms with Crippen LogP contribution in [0.1, 0.15) is 53.6 Å². The number of halogens is 1. The Morgan fingerprint density at radius 3 is 2.40 bits per heavy atom. The summed E-state index contributed by atoms with van der Waals surface area (Å²) >= 11 is 6.31. The molecule has 5 nitrogen and oxygen atoms in total. The molecule has 1 aliphatic carbocycles. The van der Waals surface area contributed by atoms with Crippen LogP contribution < -0.4 is 9.62 Å². The van der Waals surface area contributed by atoms with Gasteiger partial charge in [-0.2, -0.15) is 0 Å². The maximum absolute atomic E-state index is 13.7. The average molecular weight is 511 g/mol. The minimum Gasteiger partial charge on any atom is -0.348 e. The summed E-state index contributed by atoms with van der Waals surface area (Å²) in [4.78, 5) is 13.3. The van der Waals surface area contributed by atoms with Gasteiger partial charge in [0.05, 0.1) is 16.6 Å². The molecule has 1 aliphatic rings. The van der Waals surface area contributed by atoms with E-state index in [1.54, 1.807) is 49.4 Å². The number of nitrogens with zero attached hydrogens (tertiary/aromatic N) is 1. The Morgan fingerprint density at radius 2 is 1.69 bits per heavy atom. The molecule has 0 saturated heterocycles. The molecule has 1 N–H and O–H groups in total. The second kappa shape index (κ2) is 10.4. The SMILES string of the molecule is Cc1ccc(S(=O)(=O)N(CC(=O)N[C@@H](C)c2ccc3c(c2)CCCC3)c2cccc(Cl)c2C)cc1. The van der Waals surface area contributed by atoms with E-state index in [1.165, 1.54) is 24.0 Å². The third kappa shape index (κ3) is 5.54. The molecular weight excluding hydrogens is 480 g/mol. The lowest BCUT2D eigenvalue weighted by Gasteiger charge is -2.27. The molecule has 0 unspecified atom stereocenters. The molecule has 0 fully saturated rings. The molecule has 0 radical (unpaired) electrons. The van der Waals surface area contributed by atoms with E-state index >= 15 is 0 Å². The van der Waals surface area contributed by atoms with Crippen molar-refractivity contribution in [3.8, 4) is 0 Å². The summed E-state index contributed by atoms with van der Waals surface area (Å²) in [5.74, 6) is -0.384. The van der Waals surface area contributed by atoms with E-state index < -0.39 is 10.0 Å². The van der Waals surface area contributed by atoms with E-state index in [0.717, 1.165) is 28.3 Å². The molecule has 184 valence electrons. The summed E-state index contributed by atoms with van der Waals surface area (Å²) in [6, 6.07) is 17.8. The van der Waals surface area contributed by atoms with Crippen molar-refractivity contribution in [1.29, 1.82) is 0 Å². The second-order valence-corrected chi connectivity index (χ2v) is 11.5. The predicted octanol–water partition coefficient (Wildman–Crippen LogP) is 5.91. The van der Waals surface area contributed by atoms with Gasteiger partial charge in [0.15, 0.2) is 0 Å². The highest BCUT2D eigenvalue weighted by molar-refractivity contribution is 7.92. The minimum absolute atomic E-state index is 0.123. The van der Waals surface area contributed by atoms with Gasteiger partial charge >= 0.3 is 0 Å². The molecule has 3 aromatic carbocycles. The number of benzene rings is 3. The number of fused-ring (bicyclic) bond motifs is 1. The molecule has 0 saturated carbocycles. The van der Waals surface area contributed by atoms with Crippen molar-refractivity contribution >= 4 is 33.2 Å². The topological polar surface area (TPSA) is 66.5 Å². The van der Waals surface area contributed by atoms with Crippen molar-refractivity contribution < 1.29 is 13.2 Å². The summed E-state index contributed by atoms with van der Waals surface area (Å²) in [5, 5.41) is 3.43. The lowest BCUT2D eigenvalue weighted by molar-refractivity contribution is -0.120. The summed E-state index contributed by atoms with van der Waals surface area (Å²) in [5.41, 5.74) is 5.67. The van der Waals surface area contributed by atoms with E-state index in [4.69, 9.17) is 11.6 Å². The largest absolute Gasteiger partial charge is 0.348 e. The van der Waals surface area contributed by atoms with Crippen LogP contribution in [0.15, 0.2) is 65.6 Å². The number of carbonyl (C=O) groups excluding carboxylic acids is 1. The lowest BCUT2D eigenvalue weighted by atomic mass is 9.89. The van der Waals surface area contributed by atoms with Crippen molar-refractivity contribution in [3.05, 3.63) is 93.5 Å². The van der Waals surface area contributed by atoms with Crippen molar-refractivity contribution in [3.63, 3.8) is 0 Å². The monoisotopic (exact) mass is 510 g/mol. The molecule has 4 rings (SSSR count). The van der Waals surface area contributed by atoms with Crippen molar-refractivity contribution in [2.24, 2.45) is 0 Å². The number of aryl methyl sites for hydroxylation is 3. The van der Waals surface area contributed by atoms with E-state index in [9.17, 15) is 13.2 Å². The molecule has 1 amide bonds. The molecule has 1 atom stereocenters. The third-order valence-electron chi connectivity index (χ3n) is 6.65. The van der Waals surface area contributed by atoms with Gasteiger partial charge in [0.2, 0.25) is 5.91 Å². The maximum Gasteiger partial charge on any atom is 0.264 e. The lowest BCUT2D eigenvalue weighted by Crippen LogP contribution is -2.42. The van der Waals surface area contributed by atoms with Crippen molar-refractivity contribution in [2.45, 2.75) is 57.4 Å². The van der Waals surface area contributed by atoms with E-state index in [2.05, 4.69) is 23.5 Å². The Hall–Kier alpha value is -2.83. The first kappa shape index (κ1) is 25.3. The first-order valence-corrected chi connectivity index (χ1v) is 13.7. The van der Waals surface area contributed by atoms with Crippen LogP contribution in [0.25, 0.3) is 0 Å². The highest BCUT2D eigenvalue weighted by atomic mass is 35.5. The third-order valence-corrected chi connectivity index (χ3v) is 8.84.